The summed E-state index contributed by atoms with van der Waals surface area (Å²) in [7, 11) is 0. The van der Waals surface area contributed by atoms with Crippen molar-refractivity contribution in [3.8, 4) is 0 Å². The lowest BCUT2D eigenvalue weighted by atomic mass is 9.98. The molecule has 0 radical (unpaired) electrons. The lowest BCUT2D eigenvalue weighted by molar-refractivity contribution is 0.140. The van der Waals surface area contributed by atoms with Gasteiger partial charge in [-0.2, -0.15) is 0 Å². The molecule has 1 aliphatic rings. The van der Waals surface area contributed by atoms with E-state index < -0.39 is 0 Å². The first-order valence-corrected chi connectivity index (χ1v) is 6.69. The van der Waals surface area contributed by atoms with Crippen molar-refractivity contribution >= 4 is 15.9 Å². The third-order valence-corrected chi connectivity index (χ3v) is 4.16. The first kappa shape index (κ1) is 12.1. The predicted octanol–water partition coefficient (Wildman–Crippen LogP) is 2.76. The van der Waals surface area contributed by atoms with Crippen LogP contribution in [0.15, 0.2) is 28.7 Å². The fraction of sp³-hybridized carbons (Fsp3) is 0.538. The molecule has 0 bridgehead atoms. The molecule has 1 heterocycles. The summed E-state index contributed by atoms with van der Waals surface area (Å²) in [6, 6.07) is 9.44. The van der Waals surface area contributed by atoms with Gasteiger partial charge in [0.1, 0.15) is 0 Å². The number of hydrogen-bond acceptors (Lipinski definition) is 2. The number of nitrogens with two attached hydrogens (primary N) is 1. The van der Waals surface area contributed by atoms with Crippen LogP contribution in [-0.4, -0.2) is 23.5 Å². The second kappa shape index (κ2) is 5.30. The molecule has 1 fully saturated rings. The van der Waals surface area contributed by atoms with E-state index in [4.69, 9.17) is 5.73 Å². The second-order valence-electron chi connectivity index (χ2n) is 4.70. The molecule has 88 valence electrons. The van der Waals surface area contributed by atoms with Crippen LogP contribution >= 0.6 is 15.9 Å². The molecule has 1 aromatic rings. The smallest absolute Gasteiger partial charge is 0.0247 e. The highest BCUT2D eigenvalue weighted by Crippen LogP contribution is 2.22. The van der Waals surface area contributed by atoms with Gasteiger partial charge in [0.05, 0.1) is 0 Å². The standard InChI is InChI=1S/C13H19BrN2/c1-10-8-12(15)6-7-16(10)9-11-4-2-3-5-13(11)14/h2-5,10,12H,6-9,15H2,1H3. The minimum Gasteiger partial charge on any atom is -0.328 e. The molecule has 2 N–H and O–H groups in total. The number of hydrogen-bond donors (Lipinski definition) is 1. The summed E-state index contributed by atoms with van der Waals surface area (Å²) in [6.45, 7) is 4.41. The van der Waals surface area contributed by atoms with Crippen molar-refractivity contribution < 1.29 is 0 Å². The molecule has 3 heteroatoms. The maximum absolute atomic E-state index is 5.97. The van der Waals surface area contributed by atoms with E-state index in [0.717, 1.165) is 25.9 Å². The molecule has 1 aliphatic heterocycles. The van der Waals surface area contributed by atoms with Gasteiger partial charge in [-0.1, -0.05) is 34.1 Å². The number of nitrogens with zero attached hydrogens (tertiary/aromatic N) is 1. The predicted molar refractivity (Wildman–Crippen MR) is 71.2 cm³/mol. The van der Waals surface area contributed by atoms with E-state index in [1.54, 1.807) is 0 Å². The quantitative estimate of drug-likeness (QED) is 0.904. The van der Waals surface area contributed by atoms with Gasteiger partial charge in [0.25, 0.3) is 0 Å². The molecule has 0 amide bonds. The molecule has 2 unspecified atom stereocenters. The van der Waals surface area contributed by atoms with Crippen LogP contribution in [0, 0.1) is 0 Å². The van der Waals surface area contributed by atoms with E-state index in [1.807, 2.05) is 0 Å². The normalized spacial score (nSPS) is 26.9. The summed E-state index contributed by atoms with van der Waals surface area (Å²) < 4.78 is 1.21. The number of piperidine rings is 1. The summed E-state index contributed by atoms with van der Waals surface area (Å²) in [5, 5.41) is 0. The van der Waals surface area contributed by atoms with Gasteiger partial charge in [-0.3, -0.25) is 4.90 Å². The fourth-order valence-corrected chi connectivity index (χ4v) is 2.75. The number of halogens is 1. The molecule has 0 aromatic heterocycles. The van der Waals surface area contributed by atoms with E-state index in [-0.39, 0.29) is 0 Å². The van der Waals surface area contributed by atoms with E-state index in [0.29, 0.717) is 12.1 Å². The highest BCUT2D eigenvalue weighted by molar-refractivity contribution is 9.10. The van der Waals surface area contributed by atoms with Gasteiger partial charge >= 0.3 is 0 Å². The minimum atomic E-state index is 0.394. The van der Waals surface area contributed by atoms with Crippen molar-refractivity contribution in [2.75, 3.05) is 6.54 Å². The zero-order valence-corrected chi connectivity index (χ0v) is 11.3. The van der Waals surface area contributed by atoms with Crippen molar-refractivity contribution in [3.63, 3.8) is 0 Å². The highest BCUT2D eigenvalue weighted by Gasteiger charge is 2.23. The summed E-state index contributed by atoms with van der Waals surface area (Å²) >= 11 is 3.60. The summed E-state index contributed by atoms with van der Waals surface area (Å²) in [5.74, 6) is 0. The van der Waals surface area contributed by atoms with Crippen LogP contribution in [0.5, 0.6) is 0 Å². The Labute approximate surface area is 106 Å². The Morgan fingerprint density at radius 1 is 1.44 bits per heavy atom. The number of benzene rings is 1. The zero-order chi connectivity index (χ0) is 11.5. The molecular formula is C13H19BrN2. The minimum absolute atomic E-state index is 0.394. The Hall–Kier alpha value is -0.380. The number of likely N-dealkylation sites (tertiary alicyclic amines) is 1. The third kappa shape index (κ3) is 2.84. The molecule has 2 nitrogen and oxygen atoms in total. The monoisotopic (exact) mass is 282 g/mol. The van der Waals surface area contributed by atoms with Crippen LogP contribution in [0.3, 0.4) is 0 Å². The van der Waals surface area contributed by atoms with Crippen molar-refractivity contribution in [2.45, 2.75) is 38.4 Å². The first-order valence-electron chi connectivity index (χ1n) is 5.90. The molecule has 0 saturated carbocycles. The van der Waals surface area contributed by atoms with E-state index in [2.05, 4.69) is 52.0 Å². The Morgan fingerprint density at radius 2 is 2.19 bits per heavy atom. The first-order chi connectivity index (χ1) is 7.66. The van der Waals surface area contributed by atoms with E-state index >= 15 is 0 Å². The molecular weight excluding hydrogens is 264 g/mol. The molecule has 1 saturated heterocycles. The number of rotatable bonds is 2. The topological polar surface area (TPSA) is 29.3 Å². The van der Waals surface area contributed by atoms with Crippen molar-refractivity contribution in [1.29, 1.82) is 0 Å². The van der Waals surface area contributed by atoms with Crippen molar-refractivity contribution in [3.05, 3.63) is 34.3 Å². The average Bonchev–Trinajstić information content (AvgIpc) is 2.25. The largest absolute Gasteiger partial charge is 0.328 e. The van der Waals surface area contributed by atoms with Crippen LogP contribution < -0.4 is 5.73 Å². The lowest BCUT2D eigenvalue weighted by Gasteiger charge is -2.36. The van der Waals surface area contributed by atoms with E-state index in [1.165, 1.54) is 10.0 Å². The van der Waals surface area contributed by atoms with Crippen LogP contribution in [0.4, 0.5) is 0 Å². The second-order valence-corrected chi connectivity index (χ2v) is 5.55. The van der Waals surface area contributed by atoms with Gasteiger partial charge in [-0.15, -0.1) is 0 Å². The van der Waals surface area contributed by atoms with Gasteiger partial charge in [0.2, 0.25) is 0 Å². The third-order valence-electron chi connectivity index (χ3n) is 3.39. The molecule has 2 rings (SSSR count). The Balaban J connectivity index is 2.02. The van der Waals surface area contributed by atoms with Gasteiger partial charge in [0, 0.05) is 29.6 Å². The summed E-state index contributed by atoms with van der Waals surface area (Å²) in [5.41, 5.74) is 7.34. The molecule has 0 spiro atoms. The molecule has 1 aromatic carbocycles. The van der Waals surface area contributed by atoms with Crippen molar-refractivity contribution in [2.24, 2.45) is 5.73 Å². The van der Waals surface area contributed by atoms with Crippen molar-refractivity contribution in [1.82, 2.24) is 4.90 Å². The summed E-state index contributed by atoms with van der Waals surface area (Å²) in [4.78, 5) is 2.52. The van der Waals surface area contributed by atoms with Crippen LogP contribution in [0.25, 0.3) is 0 Å². The van der Waals surface area contributed by atoms with E-state index in [9.17, 15) is 0 Å². The maximum atomic E-state index is 5.97. The van der Waals surface area contributed by atoms with Gasteiger partial charge < -0.3 is 5.73 Å². The average molecular weight is 283 g/mol. The maximum Gasteiger partial charge on any atom is 0.0247 e. The SMILES string of the molecule is CC1CC(N)CCN1Cc1ccccc1Br. The Bertz CT molecular complexity index is 354. The van der Waals surface area contributed by atoms with Gasteiger partial charge in [-0.05, 0) is 31.4 Å². The fourth-order valence-electron chi connectivity index (χ4n) is 2.34. The van der Waals surface area contributed by atoms with Gasteiger partial charge in [-0.25, -0.2) is 0 Å². The zero-order valence-electron chi connectivity index (χ0n) is 9.70. The summed E-state index contributed by atoms with van der Waals surface area (Å²) in [6.07, 6.45) is 2.24. The van der Waals surface area contributed by atoms with Crippen LogP contribution in [-0.2, 0) is 6.54 Å². The lowest BCUT2D eigenvalue weighted by Crippen LogP contribution is -2.44. The van der Waals surface area contributed by atoms with Crippen LogP contribution in [0.2, 0.25) is 0 Å². The molecule has 2 atom stereocenters. The molecule has 0 aliphatic carbocycles. The highest BCUT2D eigenvalue weighted by atomic mass is 79.9. The molecule has 16 heavy (non-hydrogen) atoms. The van der Waals surface area contributed by atoms with Crippen LogP contribution in [0.1, 0.15) is 25.3 Å². The Morgan fingerprint density at radius 3 is 2.88 bits per heavy atom. The van der Waals surface area contributed by atoms with Gasteiger partial charge in [0.15, 0.2) is 0 Å². The Kier molecular flexibility index (Phi) is 4.00.